The number of Topliss-reactive ketones (excluding diaryl/α,β-unsaturated/α-hetero) is 1. The molecule has 5 atom stereocenters. The minimum absolute atomic E-state index is 0.00271. The van der Waals surface area contributed by atoms with Gasteiger partial charge in [0.2, 0.25) is 0 Å². The molecule has 0 fully saturated rings. The number of methoxy groups -OCH3 is 1. The average molecular weight is 990 g/mol. The first-order chi connectivity index (χ1) is 33.8. The predicted molar refractivity (Wildman–Crippen MR) is 279 cm³/mol. The number of β-amino-alcohol motifs (C(OH)–C–C–N with tert-alkyl or cyclic N) is 1. The van der Waals surface area contributed by atoms with Crippen molar-refractivity contribution in [2.45, 2.75) is 101 Å². The maximum Gasteiger partial charge on any atom is 0.167 e. The van der Waals surface area contributed by atoms with E-state index in [1.54, 1.807) is 59.9 Å². The lowest BCUT2D eigenvalue weighted by molar-refractivity contribution is -0.127. The summed E-state index contributed by atoms with van der Waals surface area (Å²) in [7, 11) is 6.52. The van der Waals surface area contributed by atoms with Crippen LogP contribution in [0.25, 0.3) is 10.8 Å². The Kier molecular flexibility index (Phi) is 16.4. The Balaban J connectivity index is 1.21. The van der Waals surface area contributed by atoms with Crippen LogP contribution in [0.5, 0.6) is 28.7 Å². The van der Waals surface area contributed by atoms with E-state index in [0.29, 0.717) is 74.4 Å². The number of nitrogens with one attached hydrogen (secondary N) is 3. The van der Waals surface area contributed by atoms with E-state index >= 15 is 4.79 Å². The summed E-state index contributed by atoms with van der Waals surface area (Å²) in [5.74, 6) is 0.501. The Morgan fingerprint density at radius 3 is 2.54 bits per heavy atom. The Hall–Kier alpha value is -5.19. The largest absolute Gasteiger partial charge is 0.508 e. The number of phenols is 3. The zero-order valence-electron chi connectivity index (χ0n) is 40.5. The van der Waals surface area contributed by atoms with Gasteiger partial charge in [-0.15, -0.1) is 0 Å². The van der Waals surface area contributed by atoms with Crippen molar-refractivity contribution in [3.63, 3.8) is 0 Å². The minimum atomic E-state index is -1.21. The van der Waals surface area contributed by atoms with Gasteiger partial charge in [-0.1, -0.05) is 77.0 Å². The number of aliphatic hydroxyl groups is 3. The molecule has 8 rings (SSSR count). The van der Waals surface area contributed by atoms with Crippen LogP contribution in [0.2, 0.25) is 0 Å². The van der Waals surface area contributed by atoms with Gasteiger partial charge in [0.1, 0.15) is 18.3 Å². The molecular weight excluding hydrogens is 923 g/mol. The van der Waals surface area contributed by atoms with Gasteiger partial charge in [-0.05, 0) is 150 Å². The highest BCUT2D eigenvalue weighted by atomic mass is 33.1. The summed E-state index contributed by atoms with van der Waals surface area (Å²) in [6, 6.07) is 24.7. The number of fused-ring (bicyclic) bond motifs is 1. The van der Waals surface area contributed by atoms with E-state index < -0.39 is 23.0 Å². The number of benzene rings is 5. The van der Waals surface area contributed by atoms with Gasteiger partial charge >= 0.3 is 0 Å². The number of phenolic OH excluding ortho intramolecular Hbond substituents is 3. The quantitative estimate of drug-likeness (QED) is 0.0395. The van der Waals surface area contributed by atoms with Crippen LogP contribution in [0.1, 0.15) is 94.0 Å². The summed E-state index contributed by atoms with van der Waals surface area (Å²) in [4.78, 5) is 19.0. The van der Waals surface area contributed by atoms with E-state index in [-0.39, 0.29) is 54.5 Å². The van der Waals surface area contributed by atoms with Crippen LogP contribution in [0.15, 0.2) is 91.3 Å². The molecule has 9 N–H and O–H groups in total. The van der Waals surface area contributed by atoms with Crippen molar-refractivity contribution in [2.24, 2.45) is 5.92 Å². The monoisotopic (exact) mass is 989 g/mol. The molecule has 6 aromatic rings. The molecule has 0 amide bonds. The van der Waals surface area contributed by atoms with Crippen molar-refractivity contribution in [1.82, 2.24) is 15.6 Å². The lowest BCUT2D eigenvalue weighted by Crippen LogP contribution is -2.41. The normalized spacial score (nSPS) is 20.4. The molecule has 0 spiro atoms. The highest BCUT2D eigenvalue weighted by molar-refractivity contribution is 8.76. The fraction of sp³-hybridized carbons (Fsp3) is 0.411. The van der Waals surface area contributed by atoms with Gasteiger partial charge < -0.3 is 50.4 Å². The first kappa shape index (κ1) is 51.2. The van der Waals surface area contributed by atoms with Gasteiger partial charge in [0.25, 0.3) is 0 Å². The average Bonchev–Trinajstić information content (AvgIpc) is 3.78. The fourth-order valence-corrected chi connectivity index (χ4v) is 14.0. The van der Waals surface area contributed by atoms with E-state index in [0.717, 1.165) is 67.3 Å². The zero-order valence-corrected chi connectivity index (χ0v) is 42.1. The molecule has 2 aliphatic rings. The standard InChI is InChI=1S/C56H67N3O9S2/c1-5-36-9-10-37-7-6-8-38(17-20-60)51(37)44(36)26-45-39(11-13-46(62)53(45)67-4)24-41(21-34-16-19-58-30-34)48(64)27-50(65)56(42-22-35(29-57-3)23-43(61)25-42)18-15-49-52-40(28-56)12-14-47(63)54(52)68-33-59-31-55(2,66)32-69-70-49/h6-14,16,19,22-23,25,30,41,48-49,57-64,66H,5,15,17-18,20-21,24,26-29,31-33H2,1-4H3. The van der Waals surface area contributed by atoms with E-state index in [4.69, 9.17) is 9.47 Å². The van der Waals surface area contributed by atoms with Crippen molar-refractivity contribution in [1.29, 1.82) is 0 Å². The van der Waals surface area contributed by atoms with E-state index in [2.05, 4.69) is 46.8 Å². The van der Waals surface area contributed by atoms with Gasteiger partial charge in [-0.3, -0.25) is 10.1 Å². The molecule has 1 aromatic heterocycles. The number of ketones is 1. The van der Waals surface area contributed by atoms with E-state index in [1.165, 1.54) is 0 Å². The SMILES string of the molecule is CCc1ccc2cccc(CCO)c2c1Cc1c(CC(Cc2cc[nH]c2)C(O)CC(=O)C2(c3cc(O)cc(CNC)c3)CCC3SSCC(C)(O)CNCOc4c(O)ccc(c43)C2)ccc(O)c1OC. The predicted octanol–water partition coefficient (Wildman–Crippen LogP) is 8.51. The van der Waals surface area contributed by atoms with Crippen LogP contribution in [-0.4, -0.2) is 92.9 Å². The molecule has 1 aliphatic carbocycles. The third-order valence-electron chi connectivity index (χ3n) is 14.3. The van der Waals surface area contributed by atoms with Gasteiger partial charge in [0, 0.05) is 67.1 Å². The number of hydrogen-bond donors (Lipinski definition) is 9. The first-order valence-corrected chi connectivity index (χ1v) is 26.7. The number of hydrogen-bond acceptors (Lipinski definition) is 13. The molecule has 0 bridgehead atoms. The maximum absolute atomic E-state index is 15.8. The summed E-state index contributed by atoms with van der Waals surface area (Å²) in [6.45, 7) is 4.72. The highest BCUT2D eigenvalue weighted by Crippen LogP contribution is 2.55. The van der Waals surface area contributed by atoms with Gasteiger partial charge in [0.05, 0.1) is 24.2 Å². The zero-order chi connectivity index (χ0) is 49.6. The van der Waals surface area contributed by atoms with E-state index in [1.807, 2.05) is 49.8 Å². The molecule has 0 saturated heterocycles. The third-order valence-corrected chi connectivity index (χ3v) is 17.3. The molecule has 5 unspecified atom stereocenters. The summed E-state index contributed by atoms with van der Waals surface area (Å²) in [5, 5.41) is 76.2. The molecule has 12 nitrogen and oxygen atoms in total. The van der Waals surface area contributed by atoms with Crippen LogP contribution >= 0.6 is 21.6 Å². The van der Waals surface area contributed by atoms with Crippen LogP contribution in [0.3, 0.4) is 0 Å². The summed E-state index contributed by atoms with van der Waals surface area (Å²) >= 11 is 0. The smallest absolute Gasteiger partial charge is 0.167 e. The van der Waals surface area contributed by atoms with E-state index in [9.17, 15) is 30.6 Å². The van der Waals surface area contributed by atoms with Crippen LogP contribution in [0.4, 0.5) is 0 Å². The number of ether oxygens (including phenoxy) is 2. The van der Waals surface area contributed by atoms with Crippen molar-refractivity contribution >= 4 is 38.1 Å². The summed E-state index contributed by atoms with van der Waals surface area (Å²) < 4.78 is 12.3. The molecule has 372 valence electrons. The minimum Gasteiger partial charge on any atom is -0.508 e. The lowest BCUT2D eigenvalue weighted by atomic mass is 9.68. The maximum atomic E-state index is 15.8. The van der Waals surface area contributed by atoms with Gasteiger partial charge in [0.15, 0.2) is 23.0 Å². The number of aromatic hydroxyl groups is 3. The second kappa shape index (κ2) is 22.5. The van der Waals surface area contributed by atoms with Crippen molar-refractivity contribution < 1.29 is 44.9 Å². The Labute approximate surface area is 418 Å². The van der Waals surface area contributed by atoms with Crippen molar-refractivity contribution in [3.05, 3.63) is 147 Å². The summed E-state index contributed by atoms with van der Waals surface area (Å²) in [6.07, 6.45) is 5.99. The molecule has 0 radical (unpaired) electrons. The topological polar surface area (TPSA) is 197 Å². The number of rotatable bonds is 17. The second-order valence-corrected chi connectivity index (χ2v) is 21.9. The number of aromatic nitrogens is 1. The van der Waals surface area contributed by atoms with Crippen LogP contribution < -0.4 is 20.1 Å². The molecule has 5 aromatic carbocycles. The van der Waals surface area contributed by atoms with Crippen LogP contribution in [0, 0.1) is 5.92 Å². The molecule has 2 heterocycles. The molecule has 14 heteroatoms. The Bertz CT molecular complexity index is 2780. The lowest BCUT2D eigenvalue weighted by Gasteiger charge is -2.35. The van der Waals surface area contributed by atoms with Crippen molar-refractivity contribution in [2.75, 3.05) is 39.8 Å². The number of carbonyl (C=O) groups is 1. The third kappa shape index (κ3) is 11.1. The molecular formula is C56H67N3O9S2. The number of H-pyrrole nitrogens is 1. The van der Waals surface area contributed by atoms with Crippen LogP contribution in [-0.2, 0) is 55.3 Å². The molecule has 0 saturated carbocycles. The first-order valence-electron chi connectivity index (χ1n) is 24.3. The highest BCUT2D eigenvalue weighted by Gasteiger charge is 2.46. The number of aliphatic hydroxyl groups excluding tert-OH is 2. The Morgan fingerprint density at radius 1 is 0.971 bits per heavy atom. The fourth-order valence-electron chi connectivity index (χ4n) is 10.8. The van der Waals surface area contributed by atoms with Crippen molar-refractivity contribution in [3.8, 4) is 28.7 Å². The number of aromatic amines is 1. The molecule has 1 aliphatic heterocycles. The summed E-state index contributed by atoms with van der Waals surface area (Å²) in [5.41, 5.74) is 6.73. The second-order valence-electron chi connectivity index (χ2n) is 19.3. The van der Waals surface area contributed by atoms with Gasteiger partial charge in [-0.2, -0.15) is 0 Å². The number of aryl methyl sites for hydroxylation is 1. The number of carbonyl (C=O) groups excluding carboxylic acids is 1. The van der Waals surface area contributed by atoms with Gasteiger partial charge in [-0.25, -0.2) is 0 Å². The Morgan fingerprint density at radius 2 is 1.79 bits per heavy atom. The molecule has 70 heavy (non-hydrogen) atoms.